The van der Waals surface area contributed by atoms with E-state index >= 15 is 0 Å². The Morgan fingerprint density at radius 1 is 0.719 bits per heavy atom. The van der Waals surface area contributed by atoms with E-state index in [-0.39, 0.29) is 49.6 Å². The molecule has 0 fully saturated rings. The topological polar surface area (TPSA) is 407 Å². The lowest BCUT2D eigenvalue weighted by molar-refractivity contribution is -0.432. The van der Waals surface area contributed by atoms with Gasteiger partial charge in [-0.05, 0) is 65.5 Å². The molecule has 6 aromatic rings. The molecule has 0 aliphatic carbocycles. The van der Waals surface area contributed by atoms with Crippen molar-refractivity contribution < 1.29 is 84.2 Å². The molecule has 0 amide bonds. The maximum atomic E-state index is 12.8. The van der Waals surface area contributed by atoms with E-state index in [0.717, 1.165) is 54.6 Å². The van der Waals surface area contributed by atoms with Crippen LogP contribution in [0.1, 0.15) is 0 Å². The largest absolute Gasteiger partial charge is 0.505 e. The molecule has 0 bridgehead atoms. The molecule has 0 unspecified atom stereocenters. The van der Waals surface area contributed by atoms with Gasteiger partial charge < -0.3 is 15.7 Å². The zero-order valence-corrected chi connectivity index (χ0v) is 36.6. The molecule has 1 aromatic heterocycles. The van der Waals surface area contributed by atoms with Gasteiger partial charge in [-0.25, -0.2) is 17.9 Å². The van der Waals surface area contributed by atoms with E-state index in [1.807, 2.05) is 0 Å². The number of anilines is 4. The Morgan fingerprint density at radius 3 is 2.05 bits per heavy atom. The van der Waals surface area contributed by atoms with Gasteiger partial charge in [-0.3, -0.25) is 18.2 Å². The molecule has 0 aliphatic heterocycles. The van der Waals surface area contributed by atoms with E-state index in [4.69, 9.17) is 21.4 Å². The minimum atomic E-state index is -5.26. The Hall–Kier alpha value is -5.30. The number of aromatic nitrogens is 3. The third kappa shape index (κ3) is 11.3. The van der Waals surface area contributed by atoms with E-state index in [2.05, 4.69) is 49.4 Å². The minimum Gasteiger partial charge on any atom is -0.505 e. The van der Waals surface area contributed by atoms with Crippen LogP contribution in [-0.2, 0) is 64.1 Å². The number of aromatic hydroxyl groups is 1. The first-order chi connectivity index (χ1) is 29.7. The molecule has 0 radical (unpaired) electrons. The zero-order valence-electron chi connectivity index (χ0n) is 30.9. The van der Waals surface area contributed by atoms with Crippen molar-refractivity contribution >= 4 is 130 Å². The van der Waals surface area contributed by atoms with E-state index in [1.165, 1.54) is 18.2 Å². The summed E-state index contributed by atoms with van der Waals surface area (Å²) in [6, 6.07) is 12.7. The number of benzene rings is 5. The molecule has 0 spiro atoms. The van der Waals surface area contributed by atoms with Gasteiger partial charge in [-0.2, -0.15) is 48.6 Å². The van der Waals surface area contributed by atoms with E-state index in [9.17, 15) is 60.9 Å². The van der Waals surface area contributed by atoms with Gasteiger partial charge in [0.15, 0.2) is 15.6 Å². The fraction of sp³-hybridized carbons (Fsp3) is 0.0645. The van der Waals surface area contributed by atoms with Crippen LogP contribution in [0.4, 0.5) is 34.6 Å². The number of halogens is 1. The number of sulfone groups is 1. The summed E-state index contributed by atoms with van der Waals surface area (Å²) >= 11 is 6.30. The minimum absolute atomic E-state index is 0.0259. The lowest BCUT2D eigenvalue weighted by atomic mass is 10.1. The Labute approximate surface area is 369 Å². The van der Waals surface area contributed by atoms with Gasteiger partial charge in [0.2, 0.25) is 17.2 Å². The maximum Gasteiger partial charge on any atom is 0.397 e. The molecule has 33 heteroatoms. The number of phenolic OH excluding ortho intramolecular Hbond substituents is 1. The number of fused-ring (bicyclic) bond motifs is 2. The number of azo groups is 1. The van der Waals surface area contributed by atoms with Crippen LogP contribution in [0.5, 0.6) is 5.75 Å². The van der Waals surface area contributed by atoms with Crippen LogP contribution in [-0.4, -0.2) is 98.0 Å². The second-order valence-corrected chi connectivity index (χ2v) is 20.8. The lowest BCUT2D eigenvalue weighted by Gasteiger charge is -2.15. The summed E-state index contributed by atoms with van der Waals surface area (Å²) in [5, 5.41) is 35.4. The van der Waals surface area contributed by atoms with Gasteiger partial charge in [-0.1, -0.05) is 29.3 Å². The number of nitrogens with one attached hydrogen (secondary N) is 2. The fourth-order valence-corrected chi connectivity index (χ4v) is 10.00. The van der Waals surface area contributed by atoms with Gasteiger partial charge in [0, 0.05) is 21.8 Å². The molecule has 6 rings (SSSR count). The Bertz CT molecular complexity index is 3470. The van der Waals surface area contributed by atoms with E-state index in [1.54, 1.807) is 0 Å². The number of hydrogen-bond donors (Lipinski definition) is 8. The van der Waals surface area contributed by atoms with Crippen LogP contribution in [0.3, 0.4) is 0 Å². The standard InChI is InChI=1S/C31H24ClN7O19S6/c32-29-35-30(33-16-3-1-4-17(13-16)60(42,43)10-9-56-64(53,54)55)37-31(36-29)34-22-14-18(61(44,45)46)11-15-12-23(59-58-57-41)26(27(40)25(15)22)39-38-21-8-7-19-20(28(21)63(50,51)52)5-2-6-24(19)62(47,48)49/h1-8,11-14,40-41H,9-10H2,(H,44,45,46)(H,47,48,49)(H,50,51,52)(H,53,54,55)(H2,33,34,35,36,37). The van der Waals surface area contributed by atoms with Crippen molar-refractivity contribution in [2.45, 2.75) is 24.5 Å². The van der Waals surface area contributed by atoms with Crippen LogP contribution in [0, 0.1) is 0 Å². The lowest BCUT2D eigenvalue weighted by Crippen LogP contribution is -2.15. The zero-order chi connectivity index (χ0) is 47.0. The smallest absolute Gasteiger partial charge is 0.397 e. The molecule has 0 saturated carbocycles. The average molecular weight is 1030 g/mol. The number of nitrogens with zero attached hydrogens (tertiary/aromatic N) is 5. The summed E-state index contributed by atoms with van der Waals surface area (Å²) in [6.45, 7) is -0.905. The van der Waals surface area contributed by atoms with Crippen LogP contribution in [0.2, 0.25) is 5.28 Å². The van der Waals surface area contributed by atoms with Crippen molar-refractivity contribution in [2.24, 2.45) is 10.2 Å². The first kappa shape index (κ1) is 48.2. The summed E-state index contributed by atoms with van der Waals surface area (Å²) in [6.07, 6.45) is 0. The van der Waals surface area contributed by atoms with Crippen LogP contribution < -0.4 is 10.6 Å². The summed E-state index contributed by atoms with van der Waals surface area (Å²) in [5.74, 6) is -2.62. The quantitative estimate of drug-likeness (QED) is 0.0191. The first-order valence-corrected chi connectivity index (χ1v) is 25.0. The SMILES string of the molecule is O=S(=O)(O)OCCS(=O)(=O)c1cccc(Nc2nc(Cl)nc(Nc3cc(S(=O)(=O)O)cc4cc(SOOO)c(N=Nc5ccc6c(S(=O)(=O)O)cccc6c5S(=O)(=O)O)c(O)c34)n2)c1. The fourth-order valence-electron chi connectivity index (χ4n) is 5.73. The molecule has 64 heavy (non-hydrogen) atoms. The predicted molar refractivity (Wildman–Crippen MR) is 221 cm³/mol. The molecule has 5 aromatic carbocycles. The Morgan fingerprint density at radius 2 is 1.41 bits per heavy atom. The second kappa shape index (κ2) is 18.3. The van der Waals surface area contributed by atoms with Gasteiger partial charge in [0.25, 0.3) is 30.4 Å². The molecule has 1 heterocycles. The van der Waals surface area contributed by atoms with Crippen molar-refractivity contribution in [3.05, 3.63) is 78.1 Å². The third-order valence-corrected chi connectivity index (χ3v) is 13.8. The van der Waals surface area contributed by atoms with Crippen molar-refractivity contribution in [2.75, 3.05) is 23.0 Å². The molecule has 8 N–H and O–H groups in total. The molecule has 0 atom stereocenters. The summed E-state index contributed by atoms with van der Waals surface area (Å²) in [4.78, 5) is 8.78. The second-order valence-electron chi connectivity index (χ2n) is 12.4. The van der Waals surface area contributed by atoms with Crippen LogP contribution >= 0.6 is 23.6 Å². The first-order valence-electron chi connectivity index (χ1n) is 16.5. The highest BCUT2D eigenvalue weighted by molar-refractivity contribution is 7.94. The predicted octanol–water partition coefficient (Wildman–Crippen LogP) is 5.20. The molecule has 26 nitrogen and oxygen atoms in total. The molecular formula is C31H24ClN7O19S6. The highest BCUT2D eigenvalue weighted by Gasteiger charge is 2.26. The number of rotatable bonds is 17. The summed E-state index contributed by atoms with van der Waals surface area (Å²) < 4.78 is 169. The third-order valence-electron chi connectivity index (χ3n) is 8.21. The average Bonchev–Trinajstić information content (AvgIpc) is 3.17. The molecular weight excluding hydrogens is 1000 g/mol. The van der Waals surface area contributed by atoms with Gasteiger partial charge in [0.1, 0.15) is 21.2 Å². The molecule has 0 aliphatic rings. The molecule has 0 saturated heterocycles. The monoisotopic (exact) mass is 1020 g/mol. The Balaban J connectivity index is 1.46. The van der Waals surface area contributed by atoms with Crippen LogP contribution in [0.15, 0.2) is 108 Å². The highest BCUT2D eigenvalue weighted by atomic mass is 35.5. The summed E-state index contributed by atoms with van der Waals surface area (Å²) in [5.41, 5.74) is -1.66. The van der Waals surface area contributed by atoms with E-state index in [0.29, 0.717) is 0 Å². The van der Waals surface area contributed by atoms with Crippen molar-refractivity contribution in [1.82, 2.24) is 15.0 Å². The summed E-state index contributed by atoms with van der Waals surface area (Å²) in [7, 11) is -24.3. The number of phenols is 1. The van der Waals surface area contributed by atoms with Crippen molar-refractivity contribution in [3.8, 4) is 5.75 Å². The highest BCUT2D eigenvalue weighted by Crippen LogP contribution is 2.48. The van der Waals surface area contributed by atoms with E-state index < -0.39 is 117 Å². The molecule has 340 valence electrons. The van der Waals surface area contributed by atoms with Crippen molar-refractivity contribution in [1.29, 1.82) is 0 Å². The van der Waals surface area contributed by atoms with Gasteiger partial charge >= 0.3 is 10.4 Å². The Kier molecular flexibility index (Phi) is 13.8. The van der Waals surface area contributed by atoms with Crippen molar-refractivity contribution in [3.63, 3.8) is 0 Å². The van der Waals surface area contributed by atoms with Gasteiger partial charge in [0.05, 0.1) is 44.8 Å². The van der Waals surface area contributed by atoms with Crippen LogP contribution in [0.25, 0.3) is 21.5 Å². The maximum absolute atomic E-state index is 12.8. The number of hydrogen-bond acceptors (Lipinski definition) is 23. The normalized spacial score (nSPS) is 12.9. The van der Waals surface area contributed by atoms with Gasteiger partial charge in [-0.15, -0.1) is 14.6 Å².